The number of ether oxygens (including phenoxy) is 1. The lowest BCUT2D eigenvalue weighted by molar-refractivity contribution is 0.124. The second-order valence-electron chi connectivity index (χ2n) is 5.13. The van der Waals surface area contributed by atoms with Gasteiger partial charge in [-0.05, 0) is 30.5 Å². The number of halogens is 2. The van der Waals surface area contributed by atoms with E-state index in [9.17, 15) is 0 Å². The molecule has 1 aromatic carbocycles. The lowest BCUT2D eigenvalue weighted by atomic mass is 9.84. The van der Waals surface area contributed by atoms with E-state index in [1.807, 2.05) is 18.2 Å². The Hall–Kier alpha value is -0.320. The molecule has 0 spiro atoms. The highest BCUT2D eigenvalue weighted by atomic mass is 35.5. The fourth-order valence-electron chi connectivity index (χ4n) is 2.43. The number of rotatable bonds is 6. The topological polar surface area (TPSA) is 41.5 Å². The molecule has 0 aromatic heterocycles. The predicted octanol–water partition coefficient (Wildman–Crippen LogP) is 2.87. The Morgan fingerprint density at radius 1 is 1.32 bits per heavy atom. The van der Waals surface area contributed by atoms with Crippen molar-refractivity contribution < 1.29 is 9.84 Å². The Labute approximate surface area is 123 Å². The van der Waals surface area contributed by atoms with Crippen LogP contribution in [0, 0.1) is 5.41 Å². The summed E-state index contributed by atoms with van der Waals surface area (Å²) >= 11 is 11.9. The third kappa shape index (κ3) is 4.07. The number of hydrogen-bond acceptors (Lipinski definition) is 3. The van der Waals surface area contributed by atoms with Crippen LogP contribution in [0.3, 0.4) is 0 Å². The van der Waals surface area contributed by atoms with E-state index in [0.717, 1.165) is 44.7 Å². The van der Waals surface area contributed by atoms with Crippen molar-refractivity contribution in [2.75, 3.05) is 26.4 Å². The fraction of sp³-hybridized carbons (Fsp3) is 0.571. The van der Waals surface area contributed by atoms with Crippen LogP contribution in [0.1, 0.15) is 18.4 Å². The van der Waals surface area contributed by atoms with Crippen molar-refractivity contribution in [2.45, 2.75) is 19.4 Å². The molecule has 3 nitrogen and oxygen atoms in total. The van der Waals surface area contributed by atoms with E-state index >= 15 is 0 Å². The maximum absolute atomic E-state index is 9.16. The van der Waals surface area contributed by atoms with E-state index in [1.54, 1.807) is 0 Å². The predicted molar refractivity (Wildman–Crippen MR) is 77.7 cm³/mol. The Bertz CT molecular complexity index is 420. The quantitative estimate of drug-likeness (QED) is 0.849. The molecule has 1 atom stereocenters. The van der Waals surface area contributed by atoms with E-state index in [1.165, 1.54) is 0 Å². The van der Waals surface area contributed by atoms with Gasteiger partial charge in [-0.1, -0.05) is 29.3 Å². The summed E-state index contributed by atoms with van der Waals surface area (Å²) in [7, 11) is 0. The Morgan fingerprint density at radius 2 is 2.16 bits per heavy atom. The summed E-state index contributed by atoms with van der Waals surface area (Å²) in [5, 5.41) is 13.7. The molecule has 1 saturated heterocycles. The number of aliphatic hydroxyl groups is 1. The molecule has 106 valence electrons. The van der Waals surface area contributed by atoms with Gasteiger partial charge in [0.15, 0.2) is 0 Å². The van der Waals surface area contributed by atoms with Crippen LogP contribution in [0.2, 0.25) is 10.0 Å². The van der Waals surface area contributed by atoms with Gasteiger partial charge in [-0.15, -0.1) is 0 Å². The molecular formula is C14H19Cl2NO2. The van der Waals surface area contributed by atoms with Gasteiger partial charge < -0.3 is 15.2 Å². The lowest BCUT2D eigenvalue weighted by Gasteiger charge is -2.26. The van der Waals surface area contributed by atoms with Crippen molar-refractivity contribution >= 4 is 23.2 Å². The SMILES string of the molecule is OCCC1(CNCc2ccc(Cl)c(Cl)c2)CCOC1. The highest BCUT2D eigenvalue weighted by molar-refractivity contribution is 6.42. The number of aliphatic hydroxyl groups excluding tert-OH is 1. The van der Waals surface area contributed by atoms with Gasteiger partial charge in [0.25, 0.3) is 0 Å². The van der Waals surface area contributed by atoms with Crippen LogP contribution in [0.5, 0.6) is 0 Å². The first-order chi connectivity index (χ1) is 9.15. The highest BCUT2D eigenvalue weighted by Crippen LogP contribution is 2.31. The first-order valence-electron chi connectivity index (χ1n) is 6.48. The van der Waals surface area contributed by atoms with Crippen LogP contribution in [0.4, 0.5) is 0 Å². The maximum Gasteiger partial charge on any atom is 0.0595 e. The molecule has 1 aliphatic heterocycles. The second-order valence-corrected chi connectivity index (χ2v) is 5.94. The summed E-state index contributed by atoms with van der Waals surface area (Å²) in [5.74, 6) is 0. The van der Waals surface area contributed by atoms with Gasteiger partial charge in [-0.3, -0.25) is 0 Å². The second kappa shape index (κ2) is 6.91. The molecule has 2 N–H and O–H groups in total. The van der Waals surface area contributed by atoms with E-state index in [-0.39, 0.29) is 12.0 Å². The molecule has 0 bridgehead atoms. The zero-order valence-corrected chi connectivity index (χ0v) is 12.3. The Kier molecular flexibility index (Phi) is 5.48. The molecule has 0 aliphatic carbocycles. The minimum absolute atomic E-state index is 0.0744. The molecule has 0 saturated carbocycles. The van der Waals surface area contributed by atoms with Gasteiger partial charge >= 0.3 is 0 Å². The maximum atomic E-state index is 9.16. The fourth-order valence-corrected chi connectivity index (χ4v) is 2.75. The largest absolute Gasteiger partial charge is 0.396 e. The standard InChI is InChI=1S/C14H19Cl2NO2/c15-12-2-1-11(7-13(12)16)8-17-9-14(3-5-18)4-6-19-10-14/h1-2,7,17-18H,3-6,8-10H2. The van der Waals surface area contributed by atoms with Crippen LogP contribution in [-0.2, 0) is 11.3 Å². The van der Waals surface area contributed by atoms with Crippen molar-refractivity contribution in [3.8, 4) is 0 Å². The summed E-state index contributed by atoms with van der Waals surface area (Å²) in [5.41, 5.74) is 1.18. The van der Waals surface area contributed by atoms with Crippen molar-refractivity contribution in [1.82, 2.24) is 5.32 Å². The molecule has 2 rings (SSSR count). The van der Waals surface area contributed by atoms with Crippen LogP contribution >= 0.6 is 23.2 Å². The van der Waals surface area contributed by atoms with Crippen molar-refractivity contribution in [3.05, 3.63) is 33.8 Å². The summed E-state index contributed by atoms with van der Waals surface area (Å²) in [6.45, 7) is 3.30. The number of nitrogens with one attached hydrogen (secondary N) is 1. The Morgan fingerprint density at radius 3 is 2.79 bits per heavy atom. The summed E-state index contributed by atoms with van der Waals surface area (Å²) in [6, 6.07) is 5.65. The van der Waals surface area contributed by atoms with Gasteiger partial charge in [-0.2, -0.15) is 0 Å². The third-order valence-corrected chi connectivity index (χ3v) is 4.38. The molecule has 1 aromatic rings. The van der Waals surface area contributed by atoms with Crippen LogP contribution in [0.15, 0.2) is 18.2 Å². The van der Waals surface area contributed by atoms with Crippen LogP contribution in [-0.4, -0.2) is 31.5 Å². The number of hydrogen-bond donors (Lipinski definition) is 2. The van der Waals surface area contributed by atoms with Gasteiger partial charge in [0.2, 0.25) is 0 Å². The Balaban J connectivity index is 1.86. The molecule has 0 radical (unpaired) electrons. The molecule has 0 amide bonds. The van der Waals surface area contributed by atoms with Crippen molar-refractivity contribution in [1.29, 1.82) is 0 Å². The van der Waals surface area contributed by atoms with Crippen LogP contribution < -0.4 is 5.32 Å². The minimum atomic E-state index is 0.0744. The van der Waals surface area contributed by atoms with Gasteiger partial charge in [0.1, 0.15) is 0 Å². The monoisotopic (exact) mass is 303 g/mol. The zero-order valence-electron chi connectivity index (χ0n) is 10.8. The first kappa shape index (κ1) is 15.1. The lowest BCUT2D eigenvalue weighted by Crippen LogP contribution is -2.35. The molecule has 19 heavy (non-hydrogen) atoms. The molecule has 1 heterocycles. The van der Waals surface area contributed by atoms with E-state index in [2.05, 4.69) is 5.32 Å². The van der Waals surface area contributed by atoms with Crippen molar-refractivity contribution in [3.63, 3.8) is 0 Å². The average Bonchev–Trinajstić information content (AvgIpc) is 2.83. The third-order valence-electron chi connectivity index (χ3n) is 3.64. The molecule has 1 aliphatic rings. The smallest absolute Gasteiger partial charge is 0.0595 e. The molecule has 5 heteroatoms. The van der Waals surface area contributed by atoms with Gasteiger partial charge in [0, 0.05) is 31.7 Å². The first-order valence-corrected chi connectivity index (χ1v) is 7.24. The normalized spacial score (nSPS) is 22.9. The summed E-state index contributed by atoms with van der Waals surface area (Å²) in [6.07, 6.45) is 1.78. The minimum Gasteiger partial charge on any atom is -0.396 e. The summed E-state index contributed by atoms with van der Waals surface area (Å²) < 4.78 is 5.46. The van der Waals surface area contributed by atoms with Gasteiger partial charge in [-0.25, -0.2) is 0 Å². The van der Waals surface area contributed by atoms with E-state index in [0.29, 0.717) is 10.0 Å². The molecule has 1 fully saturated rings. The van der Waals surface area contributed by atoms with Crippen LogP contribution in [0.25, 0.3) is 0 Å². The zero-order chi connectivity index (χ0) is 13.7. The highest BCUT2D eigenvalue weighted by Gasteiger charge is 2.33. The van der Waals surface area contributed by atoms with Gasteiger partial charge in [0.05, 0.1) is 16.7 Å². The van der Waals surface area contributed by atoms with E-state index in [4.69, 9.17) is 33.0 Å². The number of benzene rings is 1. The van der Waals surface area contributed by atoms with Crippen molar-refractivity contribution in [2.24, 2.45) is 5.41 Å². The summed E-state index contributed by atoms with van der Waals surface area (Å²) in [4.78, 5) is 0. The molecule has 1 unspecified atom stereocenters. The average molecular weight is 304 g/mol. The van der Waals surface area contributed by atoms with E-state index < -0.39 is 0 Å². The molecular weight excluding hydrogens is 285 g/mol.